The minimum atomic E-state index is 0.798. The van der Waals surface area contributed by atoms with Crippen LogP contribution in [0.3, 0.4) is 0 Å². The number of hydrogen-bond donors (Lipinski definition) is 1. The van der Waals surface area contributed by atoms with Gasteiger partial charge in [-0.2, -0.15) is 0 Å². The van der Waals surface area contributed by atoms with Crippen LogP contribution in [-0.4, -0.2) is 25.8 Å². The van der Waals surface area contributed by atoms with Crippen LogP contribution in [0.4, 0.5) is 0 Å². The molecule has 2 saturated heterocycles. The molecule has 2 aliphatic heterocycles. The van der Waals surface area contributed by atoms with Gasteiger partial charge >= 0.3 is 0 Å². The first-order valence-electron chi connectivity index (χ1n) is 5.78. The quantitative estimate of drug-likeness (QED) is 0.671. The molecule has 0 amide bonds. The van der Waals surface area contributed by atoms with Crippen LogP contribution in [0.2, 0.25) is 0 Å². The van der Waals surface area contributed by atoms with E-state index < -0.39 is 0 Å². The number of hydrogen-bond acceptors (Lipinski definition) is 2. The smallest absolute Gasteiger partial charge is 0.0469 e. The lowest BCUT2D eigenvalue weighted by Gasteiger charge is -2.30. The molecule has 2 heteroatoms. The first kappa shape index (κ1) is 9.47. The van der Waals surface area contributed by atoms with Crippen LogP contribution in [0.1, 0.15) is 38.5 Å². The zero-order valence-electron chi connectivity index (χ0n) is 8.43. The minimum Gasteiger partial charge on any atom is -0.381 e. The molecule has 1 unspecified atom stereocenters. The highest BCUT2D eigenvalue weighted by Crippen LogP contribution is 2.23. The molecule has 2 nitrogen and oxygen atoms in total. The fraction of sp³-hybridized carbons (Fsp3) is 1.00. The monoisotopic (exact) mass is 183 g/mol. The molecule has 0 spiro atoms. The van der Waals surface area contributed by atoms with Crippen molar-refractivity contribution in [2.75, 3.05) is 19.8 Å². The zero-order chi connectivity index (χ0) is 8.93. The second kappa shape index (κ2) is 4.97. The van der Waals surface area contributed by atoms with Gasteiger partial charge in [-0.05, 0) is 38.1 Å². The molecule has 1 N–H and O–H groups in total. The van der Waals surface area contributed by atoms with E-state index in [1.165, 1.54) is 45.1 Å². The summed E-state index contributed by atoms with van der Waals surface area (Å²) in [6.45, 7) is 3.22. The van der Waals surface area contributed by atoms with Crippen molar-refractivity contribution in [2.24, 2.45) is 5.92 Å². The Balaban J connectivity index is 1.82. The lowest BCUT2D eigenvalue weighted by atomic mass is 9.89. The third-order valence-corrected chi connectivity index (χ3v) is 3.43. The molecule has 1 atom stereocenters. The van der Waals surface area contributed by atoms with Crippen molar-refractivity contribution < 1.29 is 4.74 Å². The normalized spacial score (nSPS) is 32.8. The maximum atomic E-state index is 5.39. The Labute approximate surface area is 81.0 Å². The van der Waals surface area contributed by atoms with E-state index in [0.717, 1.165) is 25.2 Å². The van der Waals surface area contributed by atoms with Gasteiger partial charge in [0.15, 0.2) is 0 Å². The highest BCUT2D eigenvalue weighted by molar-refractivity contribution is 4.80. The molecule has 0 aromatic carbocycles. The van der Waals surface area contributed by atoms with Crippen LogP contribution in [0, 0.1) is 5.92 Å². The summed E-state index contributed by atoms with van der Waals surface area (Å²) in [4.78, 5) is 0. The Hall–Kier alpha value is -0.0800. The SMILES string of the molecule is C1CCNC(C2CCOCC2)CC1. The summed E-state index contributed by atoms with van der Waals surface area (Å²) in [6.07, 6.45) is 8.17. The second-order valence-electron chi connectivity index (χ2n) is 4.36. The van der Waals surface area contributed by atoms with Crippen LogP contribution in [0.5, 0.6) is 0 Å². The Morgan fingerprint density at radius 2 is 1.77 bits per heavy atom. The molecule has 2 heterocycles. The van der Waals surface area contributed by atoms with E-state index in [1.807, 2.05) is 0 Å². The third-order valence-electron chi connectivity index (χ3n) is 3.43. The van der Waals surface area contributed by atoms with Crippen molar-refractivity contribution in [3.8, 4) is 0 Å². The third kappa shape index (κ3) is 2.68. The van der Waals surface area contributed by atoms with E-state index in [1.54, 1.807) is 0 Å². The molecule has 2 fully saturated rings. The van der Waals surface area contributed by atoms with E-state index in [2.05, 4.69) is 5.32 Å². The van der Waals surface area contributed by atoms with Gasteiger partial charge in [0.2, 0.25) is 0 Å². The Bertz CT molecular complexity index is 135. The van der Waals surface area contributed by atoms with Gasteiger partial charge in [-0.25, -0.2) is 0 Å². The predicted molar refractivity (Wildman–Crippen MR) is 53.8 cm³/mol. The molecule has 0 radical (unpaired) electrons. The van der Waals surface area contributed by atoms with Crippen molar-refractivity contribution in [3.63, 3.8) is 0 Å². The molecule has 76 valence electrons. The molecule has 0 bridgehead atoms. The number of nitrogens with one attached hydrogen (secondary N) is 1. The van der Waals surface area contributed by atoms with Gasteiger partial charge in [-0.15, -0.1) is 0 Å². The van der Waals surface area contributed by atoms with E-state index in [0.29, 0.717) is 0 Å². The topological polar surface area (TPSA) is 21.3 Å². The average Bonchev–Trinajstić information content (AvgIpc) is 2.47. The first-order chi connectivity index (χ1) is 6.47. The maximum Gasteiger partial charge on any atom is 0.0469 e. The minimum absolute atomic E-state index is 0.798. The van der Waals surface area contributed by atoms with Gasteiger partial charge in [0.05, 0.1) is 0 Å². The van der Waals surface area contributed by atoms with Crippen LogP contribution in [-0.2, 0) is 4.74 Å². The molecular weight excluding hydrogens is 162 g/mol. The summed E-state index contributed by atoms with van der Waals surface area (Å²) in [6, 6.07) is 0.798. The molecule has 0 aromatic rings. The summed E-state index contributed by atoms with van der Waals surface area (Å²) in [7, 11) is 0. The van der Waals surface area contributed by atoms with Gasteiger partial charge in [-0.3, -0.25) is 0 Å². The zero-order valence-corrected chi connectivity index (χ0v) is 8.43. The molecule has 0 aromatic heterocycles. The molecule has 2 aliphatic rings. The van der Waals surface area contributed by atoms with Gasteiger partial charge < -0.3 is 10.1 Å². The molecular formula is C11H21NO. The highest BCUT2D eigenvalue weighted by atomic mass is 16.5. The van der Waals surface area contributed by atoms with Gasteiger partial charge in [0, 0.05) is 19.3 Å². The standard InChI is InChI=1S/C11H21NO/c1-2-4-11(12-7-3-1)10-5-8-13-9-6-10/h10-12H,1-9H2. The van der Waals surface area contributed by atoms with Crippen molar-refractivity contribution >= 4 is 0 Å². The van der Waals surface area contributed by atoms with E-state index in [-0.39, 0.29) is 0 Å². The molecule has 13 heavy (non-hydrogen) atoms. The molecule has 0 saturated carbocycles. The summed E-state index contributed by atoms with van der Waals surface area (Å²) in [5.74, 6) is 0.895. The fourth-order valence-electron chi connectivity index (χ4n) is 2.58. The van der Waals surface area contributed by atoms with Crippen LogP contribution in [0.25, 0.3) is 0 Å². The average molecular weight is 183 g/mol. The van der Waals surface area contributed by atoms with Crippen LogP contribution >= 0.6 is 0 Å². The van der Waals surface area contributed by atoms with Crippen molar-refractivity contribution in [3.05, 3.63) is 0 Å². The second-order valence-corrected chi connectivity index (χ2v) is 4.36. The van der Waals surface area contributed by atoms with Crippen LogP contribution in [0.15, 0.2) is 0 Å². The predicted octanol–water partition coefficient (Wildman–Crippen LogP) is 1.95. The number of rotatable bonds is 1. The fourth-order valence-corrected chi connectivity index (χ4v) is 2.58. The molecule has 0 aliphatic carbocycles. The van der Waals surface area contributed by atoms with Gasteiger partial charge in [-0.1, -0.05) is 12.8 Å². The largest absolute Gasteiger partial charge is 0.381 e. The Morgan fingerprint density at radius 3 is 2.62 bits per heavy atom. The highest BCUT2D eigenvalue weighted by Gasteiger charge is 2.23. The van der Waals surface area contributed by atoms with E-state index >= 15 is 0 Å². The van der Waals surface area contributed by atoms with Crippen molar-refractivity contribution in [1.29, 1.82) is 0 Å². The van der Waals surface area contributed by atoms with Crippen LogP contribution < -0.4 is 5.32 Å². The Morgan fingerprint density at radius 1 is 0.923 bits per heavy atom. The first-order valence-corrected chi connectivity index (χ1v) is 5.78. The lowest BCUT2D eigenvalue weighted by molar-refractivity contribution is 0.0532. The summed E-state index contributed by atoms with van der Waals surface area (Å²) >= 11 is 0. The van der Waals surface area contributed by atoms with Gasteiger partial charge in [0.25, 0.3) is 0 Å². The van der Waals surface area contributed by atoms with Crippen molar-refractivity contribution in [2.45, 2.75) is 44.6 Å². The summed E-state index contributed by atoms with van der Waals surface area (Å²) in [5, 5.41) is 3.70. The number of ether oxygens (including phenoxy) is 1. The maximum absolute atomic E-state index is 5.39. The Kier molecular flexibility index (Phi) is 3.62. The van der Waals surface area contributed by atoms with Crippen molar-refractivity contribution in [1.82, 2.24) is 5.32 Å². The van der Waals surface area contributed by atoms with Gasteiger partial charge in [0.1, 0.15) is 0 Å². The summed E-state index contributed by atoms with van der Waals surface area (Å²) in [5.41, 5.74) is 0. The molecule has 2 rings (SSSR count). The lowest BCUT2D eigenvalue weighted by Crippen LogP contribution is -2.38. The van der Waals surface area contributed by atoms with E-state index in [4.69, 9.17) is 4.74 Å². The summed E-state index contributed by atoms with van der Waals surface area (Å²) < 4.78 is 5.39. The van der Waals surface area contributed by atoms with E-state index in [9.17, 15) is 0 Å².